The van der Waals surface area contributed by atoms with Crippen LogP contribution in [0.15, 0.2) is 0 Å². The molecule has 13 heteroatoms. The molecular weight excluding hydrogens is 1270 g/mol. The summed E-state index contributed by atoms with van der Waals surface area (Å²) >= 11 is 20.9. The van der Waals surface area contributed by atoms with Crippen molar-refractivity contribution in [3.63, 3.8) is 0 Å². The Kier molecular flexibility index (Phi) is 16.2. The van der Waals surface area contributed by atoms with Crippen molar-refractivity contribution in [2.75, 3.05) is 19.8 Å². The number of rotatable bonds is 9. The lowest BCUT2D eigenvalue weighted by Gasteiger charge is -2.22. The Labute approximate surface area is 236 Å². The van der Waals surface area contributed by atoms with Crippen molar-refractivity contribution in [3.8, 4) is 0 Å². The first-order valence-electron chi connectivity index (χ1n) is 4.33. The second-order valence-corrected chi connectivity index (χ2v) is 38.2. The fraction of sp³-hybridized carbons (Fsp3) is 1.00. The maximum absolute atomic E-state index is 5.71. The highest BCUT2D eigenvalue weighted by molar-refractivity contribution is 14.3. The molecule has 0 aliphatic heterocycles. The van der Waals surface area contributed by atoms with Crippen molar-refractivity contribution >= 4 is 211 Å². The molecule has 0 aromatic carbocycles. The molecule has 0 radical (unpaired) electrons. The van der Waals surface area contributed by atoms with Crippen molar-refractivity contribution in [1.82, 2.24) is 0 Å². The first-order chi connectivity index (χ1) is 8.29. The van der Waals surface area contributed by atoms with E-state index in [0.717, 1.165) is 0 Å². The largest absolute Gasteiger partial charge is 0.639 e. The van der Waals surface area contributed by atoms with Crippen LogP contribution in [0.2, 0.25) is 0 Å². The second kappa shape index (κ2) is 12.1. The predicted molar refractivity (Wildman–Crippen MR) is 158 cm³/mol. The highest BCUT2D eigenvalue weighted by Crippen LogP contribution is 2.38. The van der Waals surface area contributed by atoms with Crippen molar-refractivity contribution in [1.29, 1.82) is 0 Å². The van der Waals surface area contributed by atoms with Crippen LogP contribution in [0.1, 0.15) is 0 Å². The molecule has 0 bridgehead atoms. The van der Waals surface area contributed by atoms with Crippen LogP contribution in [-0.4, -0.2) is 25.4 Å². The second-order valence-electron chi connectivity index (χ2n) is 3.07. The maximum Gasteiger partial charge on any atom is 0.639 e. The molecule has 0 aromatic rings. The molecule has 0 aliphatic carbocycles. The van der Waals surface area contributed by atoms with Crippen LogP contribution in [-0.2, 0) is 14.0 Å². The van der Waals surface area contributed by atoms with Gasteiger partial charge in [-0.2, -0.15) is 0 Å². The van der Waals surface area contributed by atoms with E-state index in [1.54, 1.807) is 0 Å². The van der Waals surface area contributed by atoms with Crippen LogP contribution in [0.4, 0.5) is 0 Å². The van der Waals surface area contributed by atoms with Gasteiger partial charge in [-0.3, -0.25) is 0 Å². The van der Waals surface area contributed by atoms with Gasteiger partial charge in [-0.05, 0) is 0 Å². The minimum atomic E-state index is -0.615. The van der Waals surface area contributed by atoms with E-state index in [4.69, 9.17) is 14.0 Å². The Morgan fingerprint density at radius 1 is 0.526 bits per heavy atom. The number of halogens is 9. The van der Waals surface area contributed by atoms with Crippen LogP contribution in [0.5, 0.6) is 0 Å². The van der Waals surface area contributed by atoms with Gasteiger partial charge in [0.1, 0.15) is -1.69 Å². The number of alkyl halides is 9. The Morgan fingerprint density at radius 2 is 0.737 bits per heavy atom. The molecule has 0 N–H and O–H groups in total. The lowest BCUT2D eigenvalue weighted by molar-refractivity contribution is 0.107. The highest BCUT2D eigenvalue weighted by atomic mass is 127. The van der Waals surface area contributed by atoms with E-state index in [2.05, 4.69) is 203 Å². The third kappa shape index (κ3) is 20.7. The highest BCUT2D eigenvalue weighted by Gasteiger charge is 2.32. The average molecular weight is 1280 g/mol. The van der Waals surface area contributed by atoms with Gasteiger partial charge < -0.3 is 14.0 Å². The van der Waals surface area contributed by atoms with Gasteiger partial charge in [-0.15, -0.1) is 0 Å². The SMILES string of the molecule is IC(I)(I)COB(OCC(I)(I)I)OCC(I)(I)I. The minimum absolute atomic E-state index is 0.00434. The molecule has 114 valence electrons. The van der Waals surface area contributed by atoms with Crippen LogP contribution in [0.25, 0.3) is 0 Å². The molecule has 0 unspecified atom stereocenters. The molecular formula is C6H6BI9O3. The topological polar surface area (TPSA) is 27.7 Å². The van der Waals surface area contributed by atoms with Gasteiger partial charge in [0.05, 0.1) is 19.8 Å². The zero-order valence-electron chi connectivity index (χ0n) is 8.83. The molecule has 0 amide bonds. The van der Waals surface area contributed by atoms with Gasteiger partial charge in [-0.25, -0.2) is 0 Å². The molecule has 0 atom stereocenters. The Balaban J connectivity index is 4.30. The quantitative estimate of drug-likeness (QED) is 0.143. The summed E-state index contributed by atoms with van der Waals surface area (Å²) in [6, 6.07) is 0. The van der Waals surface area contributed by atoms with Crippen molar-refractivity contribution in [2.45, 2.75) is -1.69 Å². The van der Waals surface area contributed by atoms with E-state index in [1.165, 1.54) is 0 Å². The van der Waals surface area contributed by atoms with Crippen LogP contribution in [0.3, 0.4) is 0 Å². The fourth-order valence-corrected chi connectivity index (χ4v) is 2.25. The Morgan fingerprint density at radius 3 is 0.895 bits per heavy atom. The van der Waals surface area contributed by atoms with E-state index in [9.17, 15) is 0 Å². The van der Waals surface area contributed by atoms with E-state index in [1.807, 2.05) is 0 Å². The Bertz CT molecular complexity index is 217. The molecule has 0 heterocycles. The summed E-state index contributed by atoms with van der Waals surface area (Å²) < 4.78 is 17.1. The van der Waals surface area contributed by atoms with Gasteiger partial charge >= 0.3 is 7.32 Å². The minimum Gasteiger partial charge on any atom is -0.383 e. The zero-order chi connectivity index (χ0) is 15.3. The first-order valence-corrected chi connectivity index (χ1v) is 14.0. The van der Waals surface area contributed by atoms with Crippen molar-refractivity contribution in [2.24, 2.45) is 0 Å². The Hall–Kier alpha value is 6.51. The number of hydrogen-bond acceptors (Lipinski definition) is 3. The molecule has 0 fully saturated rings. The maximum atomic E-state index is 5.71. The van der Waals surface area contributed by atoms with E-state index >= 15 is 0 Å². The lowest BCUT2D eigenvalue weighted by atomic mass is 10.2. The van der Waals surface area contributed by atoms with E-state index in [0.29, 0.717) is 19.8 Å². The monoisotopic (exact) mass is 1280 g/mol. The molecule has 0 saturated carbocycles. The summed E-state index contributed by atoms with van der Waals surface area (Å²) in [6.45, 7) is 1.69. The van der Waals surface area contributed by atoms with Gasteiger partial charge in [-0.1, -0.05) is 203 Å². The molecule has 0 saturated heterocycles. The zero-order valence-corrected chi connectivity index (χ0v) is 28.2. The van der Waals surface area contributed by atoms with Gasteiger partial charge in [0.25, 0.3) is 0 Å². The summed E-state index contributed by atoms with van der Waals surface area (Å²) in [4.78, 5) is 0. The summed E-state index contributed by atoms with van der Waals surface area (Å²) in [6.07, 6.45) is 0. The van der Waals surface area contributed by atoms with Crippen molar-refractivity contribution < 1.29 is 14.0 Å². The molecule has 0 aliphatic rings. The van der Waals surface area contributed by atoms with E-state index in [-0.39, 0.29) is -1.69 Å². The third-order valence-corrected chi connectivity index (χ3v) is 3.95. The molecule has 3 nitrogen and oxygen atoms in total. The van der Waals surface area contributed by atoms with E-state index < -0.39 is 7.32 Å². The first kappa shape index (κ1) is 25.5. The van der Waals surface area contributed by atoms with Crippen LogP contribution >= 0.6 is 203 Å². The summed E-state index contributed by atoms with van der Waals surface area (Å²) in [7, 11) is -0.615. The summed E-state index contributed by atoms with van der Waals surface area (Å²) in [5.41, 5.74) is 0. The van der Waals surface area contributed by atoms with Gasteiger partial charge in [0, 0.05) is 0 Å². The fourth-order valence-electron chi connectivity index (χ4n) is 0.632. The predicted octanol–water partition coefficient (Wildman–Crippen LogP) is 6.90. The molecule has 0 spiro atoms. The number of hydrogen-bond donors (Lipinski definition) is 0. The summed E-state index contributed by atoms with van der Waals surface area (Å²) in [5, 5.41) is 0. The third-order valence-electron chi connectivity index (χ3n) is 1.15. The normalized spacial score (nSPS) is 13.7. The van der Waals surface area contributed by atoms with Gasteiger partial charge in [0.15, 0.2) is 0 Å². The standard InChI is InChI=1S/C6H6BI9O3/c8-4(9,10)1-17-7(18-2-5(11,12)13)19-3-6(14,15)16/h1-3H2. The summed E-state index contributed by atoms with van der Waals surface area (Å²) in [5.74, 6) is 0. The lowest BCUT2D eigenvalue weighted by Crippen LogP contribution is -2.35. The van der Waals surface area contributed by atoms with Crippen LogP contribution in [0, 0.1) is 0 Å². The van der Waals surface area contributed by atoms with Crippen molar-refractivity contribution in [3.05, 3.63) is 0 Å². The average Bonchev–Trinajstić information content (AvgIpc) is 2.11. The molecule has 19 heavy (non-hydrogen) atoms. The molecule has 0 rings (SSSR count). The van der Waals surface area contributed by atoms with Gasteiger partial charge in [0.2, 0.25) is 0 Å². The smallest absolute Gasteiger partial charge is 0.383 e. The molecule has 0 aromatic heterocycles. The van der Waals surface area contributed by atoms with Crippen LogP contribution < -0.4 is 0 Å².